The average molecular weight is 439 g/mol. The van der Waals surface area contributed by atoms with Crippen LogP contribution in [0.3, 0.4) is 0 Å². The second-order valence-electron chi connectivity index (χ2n) is 8.59. The van der Waals surface area contributed by atoms with Crippen LogP contribution in [0.2, 0.25) is 0 Å². The fourth-order valence-electron chi connectivity index (χ4n) is 4.63. The number of H-pyrrole nitrogens is 1. The lowest BCUT2D eigenvalue weighted by atomic mass is 9.91. The Bertz CT molecular complexity index is 1130. The van der Waals surface area contributed by atoms with Gasteiger partial charge in [-0.2, -0.15) is 0 Å². The molecule has 8 heteroatoms. The number of fused-ring (bicyclic) bond motifs is 1. The molecular weight excluding hydrogens is 411 g/mol. The number of aryl methyl sites for hydroxylation is 1. The van der Waals surface area contributed by atoms with E-state index in [0.717, 1.165) is 31.2 Å². The number of carbonyl (C=O) groups excluding carboxylic acids is 3. The third-order valence-electron chi connectivity index (χ3n) is 6.23. The first-order valence-corrected chi connectivity index (χ1v) is 10.8. The van der Waals surface area contributed by atoms with E-state index in [2.05, 4.69) is 20.9 Å². The fourth-order valence-corrected chi connectivity index (χ4v) is 4.63. The lowest BCUT2D eigenvalue weighted by Gasteiger charge is -2.29. The normalized spacial score (nSPS) is 21.2. The molecule has 1 aliphatic heterocycles. The number of carbonyl (C=O) groups is 3. The minimum Gasteiger partial charge on any atom is -0.358 e. The van der Waals surface area contributed by atoms with E-state index in [1.165, 1.54) is 25.1 Å². The summed E-state index contributed by atoms with van der Waals surface area (Å²) in [5.41, 5.74) is 4.06. The van der Waals surface area contributed by atoms with Crippen molar-refractivity contribution in [3.8, 4) is 0 Å². The monoisotopic (exact) mass is 438 g/mol. The molecule has 2 heterocycles. The molecule has 4 N–H and O–H groups in total. The number of aromatic amines is 1. The van der Waals surface area contributed by atoms with Crippen molar-refractivity contribution in [2.24, 2.45) is 0 Å². The average Bonchev–Trinajstić information content (AvgIpc) is 3.18. The van der Waals surface area contributed by atoms with Crippen LogP contribution >= 0.6 is 0 Å². The van der Waals surface area contributed by atoms with E-state index in [9.17, 15) is 18.8 Å². The van der Waals surface area contributed by atoms with Crippen molar-refractivity contribution >= 4 is 35.1 Å². The lowest BCUT2D eigenvalue weighted by Crippen LogP contribution is -2.43. The van der Waals surface area contributed by atoms with Crippen LogP contribution in [0.25, 0.3) is 11.6 Å². The van der Waals surface area contributed by atoms with Gasteiger partial charge in [0.05, 0.1) is 11.1 Å². The van der Waals surface area contributed by atoms with Gasteiger partial charge in [0.25, 0.3) is 11.8 Å². The molecule has 1 fully saturated rings. The highest BCUT2D eigenvalue weighted by atomic mass is 19.1. The molecule has 0 bridgehead atoms. The molecule has 0 unspecified atom stereocenters. The first-order valence-electron chi connectivity index (χ1n) is 10.8. The molecule has 1 aromatic carbocycles. The van der Waals surface area contributed by atoms with Crippen molar-refractivity contribution in [1.82, 2.24) is 15.6 Å². The third-order valence-corrected chi connectivity index (χ3v) is 6.23. The van der Waals surface area contributed by atoms with Gasteiger partial charge >= 0.3 is 0 Å². The van der Waals surface area contributed by atoms with Crippen LogP contribution in [0.1, 0.15) is 65.5 Å². The quantitative estimate of drug-likeness (QED) is 0.550. The minimum absolute atomic E-state index is 0.0287. The number of hydrogen-bond acceptors (Lipinski definition) is 3. The van der Waals surface area contributed by atoms with Gasteiger partial charge in [-0.15, -0.1) is 0 Å². The van der Waals surface area contributed by atoms with E-state index in [-0.39, 0.29) is 29.8 Å². The van der Waals surface area contributed by atoms with E-state index in [0.29, 0.717) is 33.8 Å². The zero-order chi connectivity index (χ0) is 23.0. The maximum atomic E-state index is 13.7. The van der Waals surface area contributed by atoms with Gasteiger partial charge in [-0.3, -0.25) is 14.4 Å². The molecular formula is C24H27FN4O3. The summed E-state index contributed by atoms with van der Waals surface area (Å²) in [6.07, 6.45) is 4.94. The molecule has 4 rings (SSSR count). The van der Waals surface area contributed by atoms with Gasteiger partial charge in [0, 0.05) is 41.6 Å². The Labute approximate surface area is 185 Å². The topological polar surface area (TPSA) is 103 Å². The fraction of sp³-hybridized carbons (Fsp3) is 0.375. The van der Waals surface area contributed by atoms with Crippen LogP contribution in [-0.4, -0.2) is 34.8 Å². The van der Waals surface area contributed by atoms with Crippen molar-refractivity contribution in [3.05, 3.63) is 52.1 Å². The van der Waals surface area contributed by atoms with Crippen molar-refractivity contribution in [1.29, 1.82) is 0 Å². The van der Waals surface area contributed by atoms with Crippen molar-refractivity contribution in [2.45, 2.75) is 58.5 Å². The van der Waals surface area contributed by atoms with Crippen LogP contribution < -0.4 is 16.0 Å². The highest BCUT2D eigenvalue weighted by molar-refractivity contribution is 6.34. The predicted octanol–water partition coefficient (Wildman–Crippen LogP) is 3.44. The summed E-state index contributed by atoms with van der Waals surface area (Å²) in [6, 6.07) is 4.39. The molecule has 1 aromatic heterocycles. The molecule has 0 atom stereocenters. The van der Waals surface area contributed by atoms with Gasteiger partial charge in [-0.05, 0) is 69.4 Å². The summed E-state index contributed by atoms with van der Waals surface area (Å²) in [7, 11) is 0. The Morgan fingerprint density at radius 2 is 1.75 bits per heavy atom. The van der Waals surface area contributed by atoms with Gasteiger partial charge in [0.1, 0.15) is 5.82 Å². The Morgan fingerprint density at radius 1 is 1.09 bits per heavy atom. The molecule has 0 spiro atoms. The van der Waals surface area contributed by atoms with E-state index < -0.39 is 5.82 Å². The third kappa shape index (κ3) is 4.30. The number of benzene rings is 1. The van der Waals surface area contributed by atoms with Gasteiger partial charge in [0.2, 0.25) is 5.91 Å². The van der Waals surface area contributed by atoms with Gasteiger partial charge in [-0.1, -0.05) is 0 Å². The molecule has 2 aromatic rings. The van der Waals surface area contributed by atoms with Gasteiger partial charge < -0.3 is 20.9 Å². The molecule has 1 saturated carbocycles. The Hall–Kier alpha value is -3.42. The zero-order valence-corrected chi connectivity index (χ0v) is 18.4. The largest absolute Gasteiger partial charge is 0.358 e. The van der Waals surface area contributed by atoms with Crippen LogP contribution in [-0.2, 0) is 9.59 Å². The Kier molecular flexibility index (Phi) is 5.86. The summed E-state index contributed by atoms with van der Waals surface area (Å²) < 4.78 is 13.7. The number of nitrogens with one attached hydrogen (secondary N) is 4. The zero-order valence-electron chi connectivity index (χ0n) is 18.4. The smallest absolute Gasteiger partial charge is 0.256 e. The highest BCUT2D eigenvalue weighted by Crippen LogP contribution is 2.34. The summed E-state index contributed by atoms with van der Waals surface area (Å²) in [5.74, 6) is -0.914. The van der Waals surface area contributed by atoms with Crippen LogP contribution in [0.5, 0.6) is 0 Å². The highest BCUT2D eigenvalue weighted by Gasteiger charge is 2.27. The maximum absolute atomic E-state index is 13.7. The molecule has 2 aliphatic rings. The number of halogens is 1. The second kappa shape index (κ2) is 8.61. The summed E-state index contributed by atoms with van der Waals surface area (Å²) in [6.45, 7) is 5.17. The number of amides is 3. The van der Waals surface area contributed by atoms with Crippen molar-refractivity contribution in [2.75, 3.05) is 5.32 Å². The first kappa shape index (κ1) is 21.8. The van der Waals surface area contributed by atoms with Crippen LogP contribution in [0.4, 0.5) is 10.1 Å². The second-order valence-corrected chi connectivity index (χ2v) is 8.59. The summed E-state index contributed by atoms with van der Waals surface area (Å²) in [5, 5.41) is 8.78. The molecule has 0 saturated heterocycles. The Morgan fingerprint density at radius 3 is 2.41 bits per heavy atom. The number of anilines is 1. The SMILES string of the molecule is CC(=O)NC1CCC(NC(=O)c2c(C)[nH]c(/C=C3\C(=O)Nc4ccc(F)cc43)c2C)CC1. The number of hydrogen-bond donors (Lipinski definition) is 4. The number of aromatic nitrogens is 1. The molecule has 168 valence electrons. The van der Waals surface area contributed by atoms with E-state index in [1.54, 1.807) is 6.08 Å². The van der Waals surface area contributed by atoms with Gasteiger partial charge in [-0.25, -0.2) is 4.39 Å². The predicted molar refractivity (Wildman–Crippen MR) is 120 cm³/mol. The molecule has 1 aliphatic carbocycles. The lowest BCUT2D eigenvalue weighted by molar-refractivity contribution is -0.119. The molecule has 0 radical (unpaired) electrons. The van der Waals surface area contributed by atoms with E-state index in [1.807, 2.05) is 13.8 Å². The van der Waals surface area contributed by atoms with Crippen molar-refractivity contribution in [3.63, 3.8) is 0 Å². The first-order chi connectivity index (χ1) is 15.2. The van der Waals surface area contributed by atoms with E-state index in [4.69, 9.17) is 0 Å². The van der Waals surface area contributed by atoms with Gasteiger partial charge in [0.15, 0.2) is 0 Å². The summed E-state index contributed by atoms with van der Waals surface area (Å²) in [4.78, 5) is 39.9. The molecule has 32 heavy (non-hydrogen) atoms. The van der Waals surface area contributed by atoms with Crippen LogP contribution in [0.15, 0.2) is 18.2 Å². The molecule has 3 amide bonds. The molecule has 7 nitrogen and oxygen atoms in total. The minimum atomic E-state index is -0.418. The standard InChI is InChI=1S/C24H27FN4O3/c1-12-21(11-19-18-10-15(25)4-9-20(18)29-23(19)31)26-13(2)22(12)24(32)28-17-7-5-16(6-8-17)27-14(3)30/h4,9-11,16-17,26H,5-8H2,1-3H3,(H,27,30)(H,28,32)(H,29,31)/b19-11-. The summed E-state index contributed by atoms with van der Waals surface area (Å²) >= 11 is 0. The van der Waals surface area contributed by atoms with E-state index >= 15 is 0 Å². The Balaban J connectivity index is 1.51. The van der Waals surface area contributed by atoms with Crippen LogP contribution in [0, 0.1) is 19.7 Å². The number of rotatable bonds is 4. The van der Waals surface area contributed by atoms with Crippen molar-refractivity contribution < 1.29 is 18.8 Å². The maximum Gasteiger partial charge on any atom is 0.256 e.